The van der Waals surface area contributed by atoms with E-state index in [2.05, 4.69) is 15.0 Å². The quantitative estimate of drug-likeness (QED) is 0.628. The van der Waals surface area contributed by atoms with Crippen molar-refractivity contribution in [2.75, 3.05) is 18.4 Å². The number of anilines is 1. The highest BCUT2D eigenvalue weighted by molar-refractivity contribution is 7.19. The van der Waals surface area contributed by atoms with E-state index in [-0.39, 0.29) is 22.2 Å². The van der Waals surface area contributed by atoms with Crippen LogP contribution in [0.25, 0.3) is 10.3 Å². The van der Waals surface area contributed by atoms with Crippen molar-refractivity contribution in [3.8, 4) is 6.07 Å². The molecule has 0 amide bonds. The van der Waals surface area contributed by atoms with Crippen molar-refractivity contribution in [1.82, 2.24) is 19.9 Å². The minimum Gasteiger partial charge on any atom is -0.366 e. The Balaban J connectivity index is 1.82. The molecule has 1 saturated heterocycles. The molecular formula is C21H22F2N6S. The zero-order valence-electron chi connectivity index (χ0n) is 30.0. The molecule has 0 bridgehead atoms. The standard InChI is InChI=1S/C21H22F2N6S/c1-12(2)21-28-20-18(30-21)19(25-11-26-20)27-15-3-5-29(6-4-15)10-13-7-14(9-24)17(23)16(22)8-13/h7-8,11-12,15H,3-6,10H2,1-2H3,(H,25,26,27)/i1D3,2D3,3D2,4D2,10D,11D,12D,15D/hD. The number of hydrogen-bond acceptors (Lipinski definition) is 7. The molecule has 1 atom stereocenters. The zero-order valence-corrected chi connectivity index (χ0v) is 15.8. The van der Waals surface area contributed by atoms with E-state index in [1.165, 1.54) is 6.07 Å². The number of nitrogens with zero attached hydrogens (tertiary/aromatic N) is 5. The Hall–Kier alpha value is -2.70. The first kappa shape index (κ1) is 9.20. The van der Waals surface area contributed by atoms with E-state index in [9.17, 15) is 8.78 Å². The van der Waals surface area contributed by atoms with Gasteiger partial charge in [0.15, 0.2) is 18.7 Å². The molecule has 0 radical (unpaired) electrons. The van der Waals surface area contributed by atoms with E-state index < -0.39 is 103 Å². The van der Waals surface area contributed by atoms with Crippen molar-refractivity contribution >= 4 is 27.5 Å². The Morgan fingerprint density at radius 3 is 3.07 bits per heavy atom. The highest BCUT2D eigenvalue weighted by Gasteiger charge is 2.22. The Bertz CT molecular complexity index is 1660. The fourth-order valence-corrected chi connectivity index (χ4v) is 3.40. The Kier molecular flexibility index (Phi) is 2.63. The molecule has 30 heavy (non-hydrogen) atoms. The second-order valence-corrected chi connectivity index (χ2v) is 7.02. The van der Waals surface area contributed by atoms with E-state index in [0.717, 1.165) is 11.0 Å². The summed E-state index contributed by atoms with van der Waals surface area (Å²) in [6.07, 6.45) is -7.03. The van der Waals surface area contributed by atoms with Crippen molar-refractivity contribution in [2.24, 2.45) is 0 Å². The smallest absolute Gasteiger partial charge is 0.176 e. The van der Waals surface area contributed by atoms with Gasteiger partial charge < -0.3 is 5.31 Å². The molecule has 1 aromatic carbocycles. The predicted molar refractivity (Wildman–Crippen MR) is 112 cm³/mol. The Morgan fingerprint density at radius 1 is 1.53 bits per heavy atom. The summed E-state index contributed by atoms with van der Waals surface area (Å²) in [7, 11) is 0. The molecular weight excluding hydrogens is 406 g/mol. The van der Waals surface area contributed by atoms with Crippen molar-refractivity contribution in [3.05, 3.63) is 46.2 Å². The Labute approximate surface area is 198 Å². The monoisotopic (exact) mass is 443 g/mol. The normalized spacial score (nSPS) is 29.6. The molecule has 156 valence electrons. The SMILES string of the molecule is [2H]c1nc(N([2H])C2([2H])C([2H])([2H])CN(C([2H])c3cc(F)c(F)c(C#N)c3)CC2([2H])[2H])c2sc(C([2H])(C([2H])([2H])[2H])C([2H])([2H])[2H])nc2n1. The van der Waals surface area contributed by atoms with Crippen LogP contribution in [-0.4, -0.2) is 39.0 Å². The maximum atomic E-state index is 14.1. The van der Waals surface area contributed by atoms with Crippen molar-refractivity contribution in [3.63, 3.8) is 0 Å². The van der Waals surface area contributed by atoms with Crippen LogP contribution in [0.5, 0.6) is 0 Å². The van der Waals surface area contributed by atoms with Crippen LogP contribution in [0.4, 0.5) is 14.6 Å². The lowest BCUT2D eigenvalue weighted by Gasteiger charge is -2.32. The number of halogens is 2. The van der Waals surface area contributed by atoms with E-state index in [1.807, 2.05) is 0 Å². The molecule has 0 saturated carbocycles. The second kappa shape index (κ2) is 8.58. The summed E-state index contributed by atoms with van der Waals surface area (Å²) < 4.78 is 151. The number of likely N-dealkylation sites (tertiary alicyclic amines) is 1. The van der Waals surface area contributed by atoms with Gasteiger partial charge in [0.2, 0.25) is 0 Å². The van der Waals surface area contributed by atoms with Crippen molar-refractivity contribution in [1.29, 1.82) is 5.26 Å². The minimum atomic E-state index is -3.46. The fourth-order valence-electron chi connectivity index (χ4n) is 2.61. The van der Waals surface area contributed by atoms with Crippen LogP contribution in [0.15, 0.2) is 18.4 Å². The van der Waals surface area contributed by atoms with Crippen molar-refractivity contribution < 1.29 is 29.4 Å². The molecule has 3 heterocycles. The van der Waals surface area contributed by atoms with E-state index in [4.69, 9.17) is 25.9 Å². The van der Waals surface area contributed by atoms with Gasteiger partial charge in [-0.3, -0.25) is 4.90 Å². The molecule has 1 aliphatic heterocycles. The van der Waals surface area contributed by atoms with Gasteiger partial charge >= 0.3 is 0 Å². The zero-order chi connectivity index (χ0) is 34.3. The molecule has 2 aromatic heterocycles. The molecule has 1 N–H and O–H groups in total. The third kappa shape index (κ3) is 4.25. The summed E-state index contributed by atoms with van der Waals surface area (Å²) in [5, 5.41) is 8.26. The summed E-state index contributed by atoms with van der Waals surface area (Å²) in [4.78, 5) is 12.1. The van der Waals surface area contributed by atoms with E-state index >= 15 is 0 Å². The first-order valence-corrected chi connectivity index (χ1v) is 9.16. The Morgan fingerprint density at radius 2 is 2.33 bits per heavy atom. The molecule has 4 rings (SSSR count). The van der Waals surface area contributed by atoms with Crippen LogP contribution in [0.3, 0.4) is 0 Å². The second-order valence-electron chi connectivity index (χ2n) is 6.02. The molecule has 0 spiro atoms. The van der Waals surface area contributed by atoms with Gasteiger partial charge in [0.05, 0.1) is 11.9 Å². The topological polar surface area (TPSA) is 77.7 Å². The third-order valence-corrected chi connectivity index (χ3v) is 5.02. The molecule has 1 fully saturated rings. The van der Waals surface area contributed by atoms with Gasteiger partial charge in [-0.2, -0.15) is 5.26 Å². The minimum absolute atomic E-state index is 0.00500. The largest absolute Gasteiger partial charge is 0.366 e. The lowest BCUT2D eigenvalue weighted by Crippen LogP contribution is -2.38. The van der Waals surface area contributed by atoms with E-state index in [1.54, 1.807) is 0 Å². The van der Waals surface area contributed by atoms with Gasteiger partial charge in [-0.25, -0.2) is 23.7 Å². The number of nitriles is 1. The van der Waals surface area contributed by atoms with Gasteiger partial charge in [0.25, 0.3) is 0 Å². The molecule has 9 heteroatoms. The molecule has 1 aliphatic rings. The number of hydrogen-bond donors (Lipinski definition) is 1. The van der Waals surface area contributed by atoms with Gasteiger partial charge in [0, 0.05) is 48.0 Å². The number of fused-ring (bicyclic) bond motifs is 1. The molecule has 0 aliphatic carbocycles. The highest BCUT2D eigenvalue weighted by Crippen LogP contribution is 2.31. The maximum absolute atomic E-state index is 14.1. The fraction of sp³-hybridized carbons (Fsp3) is 0.429. The number of thiazole rings is 1. The predicted octanol–water partition coefficient (Wildman–Crippen LogP) is 4.44. The number of benzene rings is 1. The van der Waals surface area contributed by atoms with E-state index in [0.29, 0.717) is 6.07 Å². The maximum Gasteiger partial charge on any atom is 0.176 e. The van der Waals surface area contributed by atoms with Crippen LogP contribution in [0, 0.1) is 23.0 Å². The van der Waals surface area contributed by atoms with Gasteiger partial charge in [-0.1, -0.05) is 13.7 Å². The summed E-state index contributed by atoms with van der Waals surface area (Å²) in [5.74, 6) is -7.04. The average Bonchev–Trinajstić information content (AvgIpc) is 3.33. The van der Waals surface area contributed by atoms with Crippen LogP contribution < -0.4 is 5.31 Å². The lowest BCUT2D eigenvalue weighted by molar-refractivity contribution is 0.211. The van der Waals surface area contributed by atoms with Crippen LogP contribution in [-0.2, 0) is 6.52 Å². The summed E-state index contributed by atoms with van der Waals surface area (Å²) in [5.41, 5.74) is -1.60. The first-order valence-electron chi connectivity index (χ1n) is 15.9. The highest BCUT2D eigenvalue weighted by atomic mass is 32.1. The summed E-state index contributed by atoms with van der Waals surface area (Å²) in [6.45, 7) is -10.5. The van der Waals surface area contributed by atoms with Crippen LogP contribution in [0.1, 0.15) is 67.7 Å². The van der Waals surface area contributed by atoms with Gasteiger partial charge in [0.1, 0.15) is 24.3 Å². The number of piperidine rings is 1. The lowest BCUT2D eigenvalue weighted by atomic mass is 10.0. The van der Waals surface area contributed by atoms with Crippen molar-refractivity contribution in [2.45, 2.75) is 44.9 Å². The average molecular weight is 444 g/mol. The van der Waals surface area contributed by atoms with Gasteiger partial charge in [-0.05, 0) is 30.4 Å². The van der Waals surface area contributed by atoms with Crippen LogP contribution in [0.2, 0.25) is 1.41 Å². The molecule has 3 aromatic rings. The van der Waals surface area contributed by atoms with Crippen LogP contribution >= 0.6 is 11.3 Å². The summed E-state index contributed by atoms with van der Waals surface area (Å²) in [6, 6.07) is -0.360. The summed E-state index contributed by atoms with van der Waals surface area (Å²) >= 11 is 0.244. The molecule has 6 nitrogen and oxygen atoms in total. The number of nitrogens with one attached hydrogen (secondary N) is 1. The molecule has 1 unspecified atom stereocenters. The number of aromatic nitrogens is 3. The third-order valence-electron chi connectivity index (χ3n) is 3.96. The van der Waals surface area contributed by atoms with Gasteiger partial charge in [-0.15, -0.1) is 11.3 Å². The number of rotatable bonds is 5. The first-order chi connectivity index (χ1) is 20.3.